The molecule has 1 N–H and O–H groups in total. The molecule has 4 aromatic rings. The Balaban J connectivity index is 1.51. The van der Waals surface area contributed by atoms with E-state index in [1.807, 2.05) is 11.3 Å². The van der Waals surface area contributed by atoms with Crippen LogP contribution in [0.25, 0.3) is 16.8 Å². The van der Waals surface area contributed by atoms with E-state index in [4.69, 9.17) is 4.74 Å². The lowest BCUT2D eigenvalue weighted by atomic mass is 9.97. The molecule has 0 saturated heterocycles. The first-order valence-corrected chi connectivity index (χ1v) is 14.7. The molecule has 0 radical (unpaired) electrons. The summed E-state index contributed by atoms with van der Waals surface area (Å²) in [6, 6.07) is 8.12. The first-order valence-electron chi connectivity index (χ1n) is 11.6. The van der Waals surface area contributed by atoms with Crippen LogP contribution in [0.2, 0.25) is 0 Å². The summed E-state index contributed by atoms with van der Waals surface area (Å²) in [5, 5.41) is 8.68. The number of aromatic nitrogens is 5. The fraction of sp³-hybridized carbons (Fsp3) is 0.435. The van der Waals surface area contributed by atoms with Crippen molar-refractivity contribution in [2.75, 3.05) is 19.5 Å². The lowest BCUT2D eigenvalue weighted by molar-refractivity contribution is 0.216. The highest BCUT2D eigenvalue weighted by molar-refractivity contribution is 7.90. The van der Waals surface area contributed by atoms with Crippen LogP contribution < -0.4 is 4.72 Å². The highest BCUT2D eigenvalue weighted by atomic mass is 32.2. The topological polar surface area (TPSA) is 138 Å². The molecule has 0 unspecified atom stereocenters. The molecule has 0 amide bonds. The number of nitrogens with zero attached hydrogens (tertiary/aromatic N) is 5. The van der Waals surface area contributed by atoms with Gasteiger partial charge in [-0.3, -0.25) is 4.40 Å². The van der Waals surface area contributed by atoms with Gasteiger partial charge < -0.3 is 4.74 Å². The predicted octanol–water partition coefficient (Wildman–Crippen LogP) is 2.07. The van der Waals surface area contributed by atoms with Gasteiger partial charge in [-0.15, -0.1) is 10.2 Å². The Morgan fingerprint density at radius 1 is 1.08 bits per heavy atom. The second-order valence-corrected chi connectivity index (χ2v) is 13.0. The number of hydrogen-bond donors (Lipinski definition) is 1. The first kappa shape index (κ1) is 24.8. The molecule has 0 bridgehead atoms. The van der Waals surface area contributed by atoms with Crippen LogP contribution in [0.5, 0.6) is 0 Å². The number of nitrogens with one attached hydrogen (secondary N) is 1. The maximum absolute atomic E-state index is 13.3. The standard InChI is InChI=1S/C23H28N6O5S2/c1-15-4-6-18(7-5-15)36(32,33)28-9-8-20-23(28)24-14-21-25-26-22(29(20)21)19-13-17(12-16(19)2)27-35(30,31)11-10-34-3/h4-9,14,16-17,19,27H,10-13H2,1-3H3/t16-,17+,19+/m1/s1. The average molecular weight is 533 g/mol. The van der Waals surface area contributed by atoms with Gasteiger partial charge in [0, 0.05) is 25.3 Å². The number of methoxy groups -OCH3 is 1. The minimum absolute atomic E-state index is 0.0715. The zero-order chi connectivity index (χ0) is 25.7. The van der Waals surface area contributed by atoms with Crippen molar-refractivity contribution in [3.8, 4) is 0 Å². The highest BCUT2D eigenvalue weighted by Gasteiger charge is 2.37. The molecule has 1 fully saturated rings. The molecule has 1 aromatic carbocycles. The quantitative estimate of drug-likeness (QED) is 0.364. The molecule has 192 valence electrons. The van der Waals surface area contributed by atoms with Gasteiger partial charge in [-0.05, 0) is 43.9 Å². The summed E-state index contributed by atoms with van der Waals surface area (Å²) in [6.07, 6.45) is 4.20. The molecule has 0 spiro atoms. The van der Waals surface area contributed by atoms with Crippen LogP contribution >= 0.6 is 0 Å². The fourth-order valence-corrected chi connectivity index (χ4v) is 7.42. The molecule has 3 aromatic heterocycles. The van der Waals surface area contributed by atoms with Crippen LogP contribution in [-0.4, -0.2) is 65.9 Å². The minimum atomic E-state index is -3.86. The highest BCUT2D eigenvalue weighted by Crippen LogP contribution is 2.39. The van der Waals surface area contributed by atoms with Gasteiger partial charge in [-0.25, -0.2) is 30.5 Å². The van der Waals surface area contributed by atoms with Gasteiger partial charge in [-0.2, -0.15) is 0 Å². The second-order valence-electron chi connectivity index (χ2n) is 9.33. The van der Waals surface area contributed by atoms with Crippen molar-refractivity contribution in [2.45, 2.75) is 43.5 Å². The summed E-state index contributed by atoms with van der Waals surface area (Å²) >= 11 is 0. The summed E-state index contributed by atoms with van der Waals surface area (Å²) in [5.41, 5.74) is 2.30. The third kappa shape index (κ3) is 4.40. The molecule has 36 heavy (non-hydrogen) atoms. The predicted molar refractivity (Wildman–Crippen MR) is 134 cm³/mol. The van der Waals surface area contributed by atoms with E-state index in [9.17, 15) is 16.8 Å². The maximum Gasteiger partial charge on any atom is 0.269 e. The smallest absolute Gasteiger partial charge is 0.269 e. The van der Waals surface area contributed by atoms with Crippen LogP contribution in [-0.2, 0) is 24.8 Å². The first-order chi connectivity index (χ1) is 17.1. The summed E-state index contributed by atoms with van der Waals surface area (Å²) in [7, 11) is -5.85. The van der Waals surface area contributed by atoms with Crippen molar-refractivity contribution in [1.29, 1.82) is 0 Å². The van der Waals surface area contributed by atoms with Gasteiger partial charge in [-0.1, -0.05) is 24.6 Å². The van der Waals surface area contributed by atoms with Gasteiger partial charge >= 0.3 is 0 Å². The minimum Gasteiger partial charge on any atom is -0.384 e. The summed E-state index contributed by atoms with van der Waals surface area (Å²) in [6.45, 7) is 4.08. The van der Waals surface area contributed by atoms with Crippen LogP contribution in [0.4, 0.5) is 0 Å². The molecular formula is C23H28N6O5S2. The van der Waals surface area contributed by atoms with Gasteiger partial charge in [0.15, 0.2) is 11.3 Å². The van der Waals surface area contributed by atoms with Crippen molar-refractivity contribution < 1.29 is 21.6 Å². The Bertz CT molecular complexity index is 1630. The molecule has 3 atom stereocenters. The number of benzene rings is 1. The zero-order valence-corrected chi connectivity index (χ0v) is 21.8. The van der Waals surface area contributed by atoms with E-state index >= 15 is 0 Å². The van der Waals surface area contributed by atoms with Crippen molar-refractivity contribution in [1.82, 2.24) is 28.3 Å². The van der Waals surface area contributed by atoms with Crippen LogP contribution in [0.15, 0.2) is 47.6 Å². The third-order valence-corrected chi connectivity index (χ3v) is 9.83. The molecule has 1 aliphatic rings. The molecule has 11 nitrogen and oxygen atoms in total. The number of ether oxygens (including phenoxy) is 1. The number of aryl methyl sites for hydroxylation is 1. The van der Waals surface area contributed by atoms with Crippen LogP contribution in [0.1, 0.15) is 37.1 Å². The molecule has 13 heteroatoms. The molecular weight excluding hydrogens is 504 g/mol. The number of rotatable bonds is 8. The van der Waals surface area contributed by atoms with Crippen molar-refractivity contribution in [3.05, 3.63) is 54.1 Å². The van der Waals surface area contributed by atoms with E-state index in [1.54, 1.807) is 30.3 Å². The van der Waals surface area contributed by atoms with E-state index in [-0.39, 0.29) is 40.8 Å². The summed E-state index contributed by atoms with van der Waals surface area (Å²) in [5.74, 6) is 0.628. The second kappa shape index (κ2) is 9.21. The van der Waals surface area contributed by atoms with Gasteiger partial charge in [0.2, 0.25) is 10.0 Å². The SMILES string of the molecule is COCCS(=O)(=O)N[C@H]1C[C@@H](C)[C@@H](c2nnc3cnc4c(ccn4S(=O)(=O)c4ccc(C)cc4)n23)C1. The Labute approximate surface area is 209 Å². The molecule has 1 saturated carbocycles. The third-order valence-electron chi connectivity index (χ3n) is 6.76. The van der Waals surface area contributed by atoms with Gasteiger partial charge in [0.25, 0.3) is 10.0 Å². The zero-order valence-electron chi connectivity index (χ0n) is 20.2. The van der Waals surface area contributed by atoms with E-state index in [0.717, 1.165) is 5.56 Å². The fourth-order valence-electron chi connectivity index (χ4n) is 4.92. The Morgan fingerprint density at radius 3 is 2.56 bits per heavy atom. The Morgan fingerprint density at radius 2 is 1.83 bits per heavy atom. The number of hydrogen-bond acceptors (Lipinski definition) is 8. The van der Waals surface area contributed by atoms with Crippen molar-refractivity contribution in [2.24, 2.45) is 5.92 Å². The molecule has 1 aliphatic carbocycles. The summed E-state index contributed by atoms with van der Waals surface area (Å²) < 4.78 is 62.1. The Hall–Kier alpha value is -2.87. The summed E-state index contributed by atoms with van der Waals surface area (Å²) in [4.78, 5) is 4.56. The van der Waals surface area contributed by atoms with Crippen molar-refractivity contribution in [3.63, 3.8) is 0 Å². The molecule has 5 rings (SSSR count). The van der Waals surface area contributed by atoms with E-state index in [0.29, 0.717) is 29.8 Å². The lowest BCUT2D eigenvalue weighted by Gasteiger charge is -2.14. The Kier molecular flexibility index (Phi) is 6.35. The lowest BCUT2D eigenvalue weighted by Crippen LogP contribution is -2.35. The van der Waals surface area contributed by atoms with E-state index in [2.05, 4.69) is 26.8 Å². The van der Waals surface area contributed by atoms with Gasteiger partial charge in [0.05, 0.1) is 29.0 Å². The largest absolute Gasteiger partial charge is 0.384 e. The average Bonchev–Trinajstić information content (AvgIpc) is 3.53. The maximum atomic E-state index is 13.3. The normalized spacial score (nSPS) is 21.0. The van der Waals surface area contributed by atoms with Gasteiger partial charge in [0.1, 0.15) is 5.82 Å². The van der Waals surface area contributed by atoms with Crippen LogP contribution in [0.3, 0.4) is 0 Å². The molecule has 0 aliphatic heterocycles. The van der Waals surface area contributed by atoms with E-state index in [1.165, 1.54) is 23.5 Å². The number of fused-ring (bicyclic) bond motifs is 3. The molecule has 3 heterocycles. The van der Waals surface area contributed by atoms with E-state index < -0.39 is 20.0 Å². The van der Waals surface area contributed by atoms with Crippen molar-refractivity contribution >= 4 is 36.9 Å². The monoisotopic (exact) mass is 532 g/mol. The van der Waals surface area contributed by atoms with Crippen LogP contribution in [0, 0.1) is 12.8 Å². The number of sulfonamides is 1.